The number of nitrogens with two attached hydrogens (primary N) is 1. The lowest BCUT2D eigenvalue weighted by atomic mass is 10.2. The van der Waals surface area contributed by atoms with E-state index in [4.69, 9.17) is 10.7 Å². The highest BCUT2D eigenvalue weighted by molar-refractivity contribution is 7.13. The quantitative estimate of drug-likeness (QED) is 0.573. The van der Waals surface area contributed by atoms with E-state index in [2.05, 4.69) is 18.8 Å². The lowest BCUT2D eigenvalue weighted by molar-refractivity contribution is 0.505. The highest BCUT2D eigenvalue weighted by Gasteiger charge is 2.21. The molecule has 0 amide bonds. The van der Waals surface area contributed by atoms with Crippen molar-refractivity contribution >= 4 is 22.8 Å². The average Bonchev–Trinajstić information content (AvgIpc) is 3.13. The van der Waals surface area contributed by atoms with E-state index in [1.807, 2.05) is 54.5 Å². The van der Waals surface area contributed by atoms with Gasteiger partial charge in [-0.25, -0.2) is 9.78 Å². The van der Waals surface area contributed by atoms with Gasteiger partial charge in [0.2, 0.25) is 0 Å². The summed E-state index contributed by atoms with van der Waals surface area (Å²) in [5.74, 6) is 0.715. The molecule has 0 aliphatic rings. The van der Waals surface area contributed by atoms with Crippen molar-refractivity contribution in [3.63, 3.8) is 0 Å². The van der Waals surface area contributed by atoms with Gasteiger partial charge in [0.1, 0.15) is 16.5 Å². The molecule has 0 spiro atoms. The van der Waals surface area contributed by atoms with E-state index < -0.39 is 11.2 Å². The third-order valence-electron chi connectivity index (χ3n) is 4.59. The SMILES string of the molecule is CC(C)CN(Cc1csc(-c2ccccc2)n1)c1c(N)n(CC(C)C)c(=O)[nH]c1=O. The van der Waals surface area contributed by atoms with Crippen molar-refractivity contribution < 1.29 is 0 Å². The van der Waals surface area contributed by atoms with Crippen LogP contribution in [0.4, 0.5) is 11.5 Å². The maximum Gasteiger partial charge on any atom is 0.330 e. The Morgan fingerprint density at radius 3 is 2.47 bits per heavy atom. The van der Waals surface area contributed by atoms with Gasteiger partial charge >= 0.3 is 5.69 Å². The van der Waals surface area contributed by atoms with Gasteiger partial charge in [-0.3, -0.25) is 14.3 Å². The molecule has 0 aliphatic carbocycles. The minimum absolute atomic E-state index is 0.205. The van der Waals surface area contributed by atoms with Crippen LogP contribution in [0.2, 0.25) is 0 Å². The topological polar surface area (TPSA) is 97.0 Å². The number of thiazole rings is 1. The molecule has 0 bridgehead atoms. The minimum Gasteiger partial charge on any atom is -0.383 e. The molecule has 3 aromatic rings. The molecule has 2 aromatic heterocycles. The Balaban J connectivity index is 1.99. The Bertz CT molecular complexity index is 1100. The molecule has 30 heavy (non-hydrogen) atoms. The summed E-state index contributed by atoms with van der Waals surface area (Å²) in [5, 5.41) is 2.94. The second kappa shape index (κ2) is 9.30. The van der Waals surface area contributed by atoms with Crippen molar-refractivity contribution in [3.05, 3.63) is 62.2 Å². The Kier molecular flexibility index (Phi) is 6.77. The van der Waals surface area contributed by atoms with Crippen LogP contribution < -0.4 is 21.9 Å². The van der Waals surface area contributed by atoms with Gasteiger partial charge in [0, 0.05) is 24.0 Å². The molecule has 0 unspecified atom stereocenters. The first kappa shape index (κ1) is 21.8. The number of hydrogen-bond donors (Lipinski definition) is 2. The zero-order valence-electron chi connectivity index (χ0n) is 17.9. The molecule has 3 rings (SSSR count). The molecule has 0 saturated carbocycles. The van der Waals surface area contributed by atoms with Crippen LogP contribution in [0.25, 0.3) is 10.6 Å². The van der Waals surface area contributed by atoms with Crippen LogP contribution in [-0.4, -0.2) is 21.1 Å². The van der Waals surface area contributed by atoms with Gasteiger partial charge in [0.25, 0.3) is 5.56 Å². The number of benzene rings is 1. The number of aromatic amines is 1. The smallest absolute Gasteiger partial charge is 0.330 e. The molecule has 8 heteroatoms. The zero-order chi connectivity index (χ0) is 21.8. The molecule has 7 nitrogen and oxygen atoms in total. The lowest BCUT2D eigenvalue weighted by Gasteiger charge is -2.27. The summed E-state index contributed by atoms with van der Waals surface area (Å²) in [6.07, 6.45) is 0. The van der Waals surface area contributed by atoms with Crippen LogP contribution >= 0.6 is 11.3 Å². The first-order valence-corrected chi connectivity index (χ1v) is 11.0. The Morgan fingerprint density at radius 1 is 1.13 bits per heavy atom. The fraction of sp³-hybridized carbons (Fsp3) is 0.409. The largest absolute Gasteiger partial charge is 0.383 e. The highest BCUT2D eigenvalue weighted by atomic mass is 32.1. The molecular formula is C22H29N5O2S. The first-order chi connectivity index (χ1) is 14.3. The molecule has 2 heterocycles. The monoisotopic (exact) mass is 427 g/mol. The van der Waals surface area contributed by atoms with Crippen molar-refractivity contribution in [3.8, 4) is 10.6 Å². The number of nitrogens with zero attached hydrogens (tertiary/aromatic N) is 3. The molecule has 0 radical (unpaired) electrons. The summed E-state index contributed by atoms with van der Waals surface area (Å²) >= 11 is 1.57. The lowest BCUT2D eigenvalue weighted by Crippen LogP contribution is -2.40. The highest BCUT2D eigenvalue weighted by Crippen LogP contribution is 2.26. The fourth-order valence-corrected chi connectivity index (χ4v) is 4.21. The van der Waals surface area contributed by atoms with Crippen molar-refractivity contribution in [1.29, 1.82) is 0 Å². The van der Waals surface area contributed by atoms with Crippen LogP contribution in [0.1, 0.15) is 33.4 Å². The summed E-state index contributed by atoms with van der Waals surface area (Å²) in [6.45, 7) is 9.67. The maximum absolute atomic E-state index is 12.7. The average molecular weight is 428 g/mol. The van der Waals surface area contributed by atoms with E-state index in [-0.39, 0.29) is 11.7 Å². The van der Waals surface area contributed by atoms with Crippen LogP contribution in [0.15, 0.2) is 45.3 Å². The Labute approximate surface area is 180 Å². The Morgan fingerprint density at radius 2 is 1.83 bits per heavy atom. The van der Waals surface area contributed by atoms with Gasteiger partial charge in [0.15, 0.2) is 0 Å². The Hall–Kier alpha value is -2.87. The van der Waals surface area contributed by atoms with Crippen LogP contribution in [0.3, 0.4) is 0 Å². The van der Waals surface area contributed by atoms with Crippen molar-refractivity contribution in [1.82, 2.24) is 14.5 Å². The summed E-state index contributed by atoms with van der Waals surface area (Å²) in [5.41, 5.74) is 7.66. The van der Waals surface area contributed by atoms with Gasteiger partial charge in [-0.05, 0) is 11.8 Å². The number of nitrogens with one attached hydrogen (secondary N) is 1. The van der Waals surface area contributed by atoms with E-state index in [1.165, 1.54) is 4.57 Å². The van der Waals surface area contributed by atoms with Gasteiger partial charge in [-0.15, -0.1) is 11.3 Å². The molecule has 1 aromatic carbocycles. The molecule has 0 aliphatic heterocycles. The summed E-state index contributed by atoms with van der Waals surface area (Å²) in [6, 6.07) is 10.0. The third kappa shape index (κ3) is 4.99. The molecular weight excluding hydrogens is 398 g/mol. The van der Waals surface area contributed by atoms with Crippen LogP contribution in [0, 0.1) is 11.8 Å². The normalized spacial score (nSPS) is 11.4. The zero-order valence-corrected chi connectivity index (χ0v) is 18.7. The van der Waals surface area contributed by atoms with Crippen molar-refractivity contribution in [2.24, 2.45) is 11.8 Å². The number of rotatable bonds is 8. The number of aromatic nitrogens is 3. The van der Waals surface area contributed by atoms with Gasteiger partial charge < -0.3 is 10.6 Å². The molecule has 0 fully saturated rings. The van der Waals surface area contributed by atoms with Crippen molar-refractivity contribution in [2.75, 3.05) is 17.2 Å². The number of nitrogen functional groups attached to an aromatic ring is 1. The number of anilines is 2. The van der Waals surface area contributed by atoms with Gasteiger partial charge in [0.05, 0.1) is 12.2 Å². The fourth-order valence-electron chi connectivity index (χ4n) is 3.39. The summed E-state index contributed by atoms with van der Waals surface area (Å²) in [7, 11) is 0. The van der Waals surface area contributed by atoms with E-state index in [0.29, 0.717) is 31.2 Å². The third-order valence-corrected chi connectivity index (χ3v) is 5.53. The van der Waals surface area contributed by atoms with E-state index in [1.54, 1.807) is 11.3 Å². The van der Waals surface area contributed by atoms with E-state index >= 15 is 0 Å². The second-order valence-corrected chi connectivity index (χ2v) is 9.14. The number of H-pyrrole nitrogens is 1. The van der Waals surface area contributed by atoms with Gasteiger partial charge in [-0.1, -0.05) is 58.0 Å². The van der Waals surface area contributed by atoms with Crippen LogP contribution in [0.5, 0.6) is 0 Å². The standard InChI is InChI=1S/C22H29N5O2S/c1-14(2)10-26(12-17-13-30-21(24-17)16-8-6-5-7-9-16)18-19(23)27(11-15(3)4)22(29)25-20(18)28/h5-9,13-15H,10-12,23H2,1-4H3,(H,25,28,29). The predicted octanol–water partition coefficient (Wildman–Crippen LogP) is 3.56. The first-order valence-electron chi connectivity index (χ1n) is 10.1. The second-order valence-electron chi connectivity index (χ2n) is 8.28. The molecule has 160 valence electrons. The molecule has 0 atom stereocenters. The van der Waals surface area contributed by atoms with Gasteiger partial charge in [-0.2, -0.15) is 0 Å². The summed E-state index contributed by atoms with van der Waals surface area (Å²) in [4.78, 5) is 34.2. The summed E-state index contributed by atoms with van der Waals surface area (Å²) < 4.78 is 1.45. The van der Waals surface area contributed by atoms with E-state index in [0.717, 1.165) is 16.3 Å². The van der Waals surface area contributed by atoms with Crippen LogP contribution in [-0.2, 0) is 13.1 Å². The maximum atomic E-state index is 12.7. The number of hydrogen-bond acceptors (Lipinski definition) is 6. The minimum atomic E-state index is -0.473. The molecule has 0 saturated heterocycles. The molecule has 3 N–H and O–H groups in total. The van der Waals surface area contributed by atoms with Crippen molar-refractivity contribution in [2.45, 2.75) is 40.8 Å². The van der Waals surface area contributed by atoms with E-state index in [9.17, 15) is 9.59 Å². The predicted molar refractivity (Wildman–Crippen MR) is 124 cm³/mol.